The Morgan fingerprint density at radius 1 is 1.47 bits per heavy atom. The number of ether oxygens (including phenoxy) is 3. The summed E-state index contributed by atoms with van der Waals surface area (Å²) in [6.45, 7) is -0.207. The highest BCUT2D eigenvalue weighted by molar-refractivity contribution is 6.40. The molecule has 0 bridgehead atoms. The molecule has 0 amide bonds. The molecule has 7 heteroatoms. The maximum absolute atomic E-state index is 13.8. The van der Waals surface area contributed by atoms with Gasteiger partial charge in [0, 0.05) is 6.07 Å². The van der Waals surface area contributed by atoms with E-state index in [4.69, 9.17) is 14.6 Å². The van der Waals surface area contributed by atoms with Crippen LogP contribution in [0, 0.1) is 5.82 Å². The smallest absolute Gasteiger partial charge is 0.377 e. The van der Waals surface area contributed by atoms with Gasteiger partial charge in [-0.1, -0.05) is 0 Å². The second-order valence-corrected chi connectivity index (χ2v) is 3.14. The lowest BCUT2D eigenvalue weighted by atomic mass is 10.1. The Balaban J connectivity index is 2.67. The van der Waals surface area contributed by atoms with E-state index in [2.05, 4.69) is 4.74 Å². The van der Waals surface area contributed by atoms with Crippen LogP contribution in [0.5, 0.6) is 17.2 Å². The second-order valence-electron chi connectivity index (χ2n) is 3.14. The van der Waals surface area contributed by atoms with E-state index >= 15 is 0 Å². The molecule has 0 fully saturated rings. The number of methoxy groups -OCH3 is 1. The Hall–Kier alpha value is -2.31. The van der Waals surface area contributed by atoms with E-state index in [0.717, 1.165) is 0 Å². The van der Waals surface area contributed by atoms with Crippen LogP contribution in [0.2, 0.25) is 0 Å². The van der Waals surface area contributed by atoms with Crippen molar-refractivity contribution < 1.29 is 33.3 Å². The summed E-state index contributed by atoms with van der Waals surface area (Å²) in [5.41, 5.74) is -0.690. The molecule has 0 aliphatic carbocycles. The lowest BCUT2D eigenvalue weighted by molar-refractivity contribution is -0.131. The number of rotatable bonds is 3. The largest absolute Gasteiger partial charge is 0.494 e. The van der Waals surface area contributed by atoms with Crippen LogP contribution >= 0.6 is 0 Å². The summed E-state index contributed by atoms with van der Waals surface area (Å²) in [6.07, 6.45) is 0. The first kappa shape index (κ1) is 11.2. The Morgan fingerprint density at radius 2 is 2.18 bits per heavy atom. The first-order chi connectivity index (χ1) is 8.06. The fourth-order valence-electron chi connectivity index (χ4n) is 1.45. The van der Waals surface area contributed by atoms with E-state index in [9.17, 15) is 14.0 Å². The molecular formula is C10H7FO6. The van der Waals surface area contributed by atoms with Crippen molar-refractivity contribution in [3.05, 3.63) is 17.4 Å². The number of fused-ring (bicyclic) bond motifs is 1. The van der Waals surface area contributed by atoms with E-state index in [1.54, 1.807) is 0 Å². The average molecular weight is 242 g/mol. The number of halogens is 1. The van der Waals surface area contributed by atoms with Crippen LogP contribution in [-0.4, -0.2) is 30.8 Å². The molecule has 1 heterocycles. The minimum atomic E-state index is -1.78. The van der Waals surface area contributed by atoms with E-state index in [-0.39, 0.29) is 24.0 Å². The Bertz CT molecular complexity index is 509. The van der Waals surface area contributed by atoms with Gasteiger partial charge in [-0.05, 0) is 0 Å². The van der Waals surface area contributed by atoms with Crippen molar-refractivity contribution in [3.8, 4) is 17.2 Å². The fourth-order valence-corrected chi connectivity index (χ4v) is 1.45. The van der Waals surface area contributed by atoms with Gasteiger partial charge in [0.05, 0.1) is 7.11 Å². The van der Waals surface area contributed by atoms with Crippen LogP contribution in [0.3, 0.4) is 0 Å². The number of aliphatic carboxylic acids is 1. The number of Topliss-reactive ketones (excluding diaryl/α,β-unsaturated/α-hetero) is 1. The van der Waals surface area contributed by atoms with Crippen LogP contribution in [0.25, 0.3) is 0 Å². The number of carboxylic acids is 1. The number of hydrogen-bond donors (Lipinski definition) is 1. The van der Waals surface area contributed by atoms with E-state index < -0.39 is 23.1 Å². The van der Waals surface area contributed by atoms with Gasteiger partial charge in [-0.3, -0.25) is 4.79 Å². The Kier molecular flexibility index (Phi) is 2.58. The summed E-state index contributed by atoms with van der Waals surface area (Å²) in [5.74, 6) is -4.69. The van der Waals surface area contributed by atoms with Gasteiger partial charge in [-0.15, -0.1) is 0 Å². The van der Waals surface area contributed by atoms with Crippen molar-refractivity contribution in [2.75, 3.05) is 13.9 Å². The summed E-state index contributed by atoms with van der Waals surface area (Å²) in [5, 5.41) is 8.60. The first-order valence-electron chi connectivity index (χ1n) is 4.50. The highest BCUT2D eigenvalue weighted by Crippen LogP contribution is 2.41. The molecule has 0 spiro atoms. The molecule has 0 saturated heterocycles. The van der Waals surface area contributed by atoms with Gasteiger partial charge >= 0.3 is 5.97 Å². The zero-order valence-corrected chi connectivity index (χ0v) is 8.65. The van der Waals surface area contributed by atoms with Gasteiger partial charge in [-0.2, -0.15) is 0 Å². The van der Waals surface area contributed by atoms with Gasteiger partial charge in [0.25, 0.3) is 5.78 Å². The molecule has 0 unspecified atom stereocenters. The van der Waals surface area contributed by atoms with Crippen molar-refractivity contribution in [2.24, 2.45) is 0 Å². The first-order valence-corrected chi connectivity index (χ1v) is 4.50. The SMILES string of the molecule is COc1cc2c(c(C(=O)C(=O)O)c1F)OCO2. The van der Waals surface area contributed by atoms with E-state index in [0.29, 0.717) is 0 Å². The average Bonchev–Trinajstić information content (AvgIpc) is 2.74. The molecule has 2 rings (SSSR count). The van der Waals surface area contributed by atoms with Gasteiger partial charge in [0.2, 0.25) is 6.79 Å². The molecule has 6 nitrogen and oxygen atoms in total. The summed E-state index contributed by atoms with van der Waals surface area (Å²) < 4.78 is 28.3. The molecule has 0 atom stereocenters. The summed E-state index contributed by atoms with van der Waals surface area (Å²) >= 11 is 0. The molecule has 90 valence electrons. The Morgan fingerprint density at radius 3 is 2.76 bits per heavy atom. The molecule has 1 aliphatic rings. The highest BCUT2D eigenvalue weighted by Gasteiger charge is 2.32. The Labute approximate surface area is 94.5 Å². The van der Waals surface area contributed by atoms with Crippen molar-refractivity contribution in [3.63, 3.8) is 0 Å². The van der Waals surface area contributed by atoms with Crippen LogP contribution in [0.15, 0.2) is 6.07 Å². The monoisotopic (exact) mass is 242 g/mol. The molecule has 0 saturated carbocycles. The molecule has 17 heavy (non-hydrogen) atoms. The third-order valence-corrected chi connectivity index (χ3v) is 2.21. The number of carboxylic acid groups (broad SMARTS) is 1. The molecule has 1 aromatic rings. The van der Waals surface area contributed by atoms with Crippen LogP contribution in [0.4, 0.5) is 4.39 Å². The second kappa shape index (κ2) is 3.93. The zero-order chi connectivity index (χ0) is 12.6. The maximum atomic E-state index is 13.8. The topological polar surface area (TPSA) is 82.1 Å². The van der Waals surface area contributed by atoms with E-state index in [1.165, 1.54) is 13.2 Å². The summed E-state index contributed by atoms with van der Waals surface area (Å²) in [6, 6.07) is 1.19. The van der Waals surface area contributed by atoms with Crippen molar-refractivity contribution in [2.45, 2.75) is 0 Å². The molecule has 1 N–H and O–H groups in total. The number of benzene rings is 1. The van der Waals surface area contributed by atoms with Crippen LogP contribution in [-0.2, 0) is 4.79 Å². The third-order valence-electron chi connectivity index (χ3n) is 2.21. The number of ketones is 1. The van der Waals surface area contributed by atoms with Gasteiger partial charge in [0.15, 0.2) is 23.1 Å². The van der Waals surface area contributed by atoms with Crippen LogP contribution < -0.4 is 14.2 Å². The fraction of sp³-hybridized carbons (Fsp3) is 0.200. The predicted octanol–water partition coefficient (Wildman–Crippen LogP) is 0.830. The highest BCUT2D eigenvalue weighted by atomic mass is 19.1. The quantitative estimate of drug-likeness (QED) is 0.624. The summed E-state index contributed by atoms with van der Waals surface area (Å²) in [7, 11) is 1.19. The van der Waals surface area contributed by atoms with Gasteiger partial charge in [-0.25, -0.2) is 9.18 Å². The van der Waals surface area contributed by atoms with Crippen molar-refractivity contribution in [1.29, 1.82) is 0 Å². The van der Waals surface area contributed by atoms with Gasteiger partial charge < -0.3 is 19.3 Å². The van der Waals surface area contributed by atoms with Crippen LogP contribution in [0.1, 0.15) is 10.4 Å². The minimum absolute atomic E-state index is 0.0767. The standard InChI is InChI=1S/C10H7FO6/c1-15-4-2-5-9(17-3-16-5)6(7(4)11)8(12)10(13)14/h2H,3H2,1H3,(H,13,14). The normalized spacial score (nSPS) is 12.4. The molecule has 1 aromatic carbocycles. The number of carbonyl (C=O) groups excluding carboxylic acids is 1. The lowest BCUT2D eigenvalue weighted by Crippen LogP contribution is -2.16. The predicted molar refractivity (Wildman–Crippen MR) is 51.0 cm³/mol. The minimum Gasteiger partial charge on any atom is -0.494 e. The number of carbonyl (C=O) groups is 2. The molecule has 0 aromatic heterocycles. The molecule has 1 aliphatic heterocycles. The summed E-state index contributed by atoms with van der Waals surface area (Å²) in [4.78, 5) is 22.0. The zero-order valence-electron chi connectivity index (χ0n) is 8.65. The lowest BCUT2D eigenvalue weighted by Gasteiger charge is -2.08. The maximum Gasteiger partial charge on any atom is 0.377 e. The van der Waals surface area contributed by atoms with Crippen molar-refractivity contribution >= 4 is 11.8 Å². The molecular weight excluding hydrogens is 235 g/mol. The number of hydrogen-bond acceptors (Lipinski definition) is 5. The van der Waals surface area contributed by atoms with Crippen molar-refractivity contribution in [1.82, 2.24) is 0 Å². The van der Waals surface area contributed by atoms with E-state index in [1.807, 2.05) is 0 Å². The van der Waals surface area contributed by atoms with Gasteiger partial charge in [0.1, 0.15) is 5.56 Å². The third kappa shape index (κ3) is 1.65. The molecule has 0 radical (unpaired) electrons.